The summed E-state index contributed by atoms with van der Waals surface area (Å²) in [4.78, 5) is 4.67. The molecular formula is C18H33N3. The van der Waals surface area contributed by atoms with Gasteiger partial charge in [0.25, 0.3) is 0 Å². The summed E-state index contributed by atoms with van der Waals surface area (Å²) in [5.74, 6) is 3.38. The molecule has 1 aromatic rings. The lowest BCUT2D eigenvalue weighted by atomic mass is 9.65. The highest BCUT2D eigenvalue weighted by Crippen LogP contribution is 2.46. The lowest BCUT2D eigenvalue weighted by Gasteiger charge is -2.42. The molecule has 1 aromatic heterocycles. The maximum absolute atomic E-state index is 4.67. The summed E-state index contributed by atoms with van der Waals surface area (Å²) in [5.41, 5.74) is 0.403. The first-order valence-electron chi connectivity index (χ1n) is 8.49. The Morgan fingerprint density at radius 1 is 1.33 bits per heavy atom. The molecular weight excluding hydrogens is 258 g/mol. The molecule has 3 heteroatoms. The smallest absolute Gasteiger partial charge is 0.111 e. The van der Waals surface area contributed by atoms with E-state index in [0.29, 0.717) is 23.3 Å². The average Bonchev–Trinajstić information content (AvgIpc) is 2.81. The Morgan fingerprint density at radius 3 is 2.57 bits per heavy atom. The van der Waals surface area contributed by atoms with Crippen molar-refractivity contribution in [2.75, 3.05) is 6.54 Å². The Labute approximate surface area is 130 Å². The highest BCUT2D eigenvalue weighted by molar-refractivity contribution is 5.06. The third kappa shape index (κ3) is 4.09. The minimum atomic E-state index is 0.403. The summed E-state index contributed by atoms with van der Waals surface area (Å²) in [6.07, 6.45) is 7.98. The van der Waals surface area contributed by atoms with Gasteiger partial charge in [-0.25, -0.2) is 4.98 Å². The van der Waals surface area contributed by atoms with Crippen LogP contribution in [-0.2, 0) is 7.05 Å². The maximum atomic E-state index is 4.67. The van der Waals surface area contributed by atoms with E-state index in [1.54, 1.807) is 0 Å². The maximum Gasteiger partial charge on any atom is 0.111 e. The van der Waals surface area contributed by atoms with Gasteiger partial charge >= 0.3 is 0 Å². The van der Waals surface area contributed by atoms with E-state index in [4.69, 9.17) is 0 Å². The first kappa shape index (κ1) is 16.5. The third-order valence-corrected chi connectivity index (χ3v) is 5.20. The van der Waals surface area contributed by atoms with Gasteiger partial charge in [-0.1, -0.05) is 34.6 Å². The van der Waals surface area contributed by atoms with Gasteiger partial charge in [0, 0.05) is 31.4 Å². The number of aromatic nitrogens is 2. The van der Waals surface area contributed by atoms with Crippen LogP contribution in [0.15, 0.2) is 12.4 Å². The van der Waals surface area contributed by atoms with Crippen molar-refractivity contribution in [2.45, 2.75) is 65.8 Å². The highest BCUT2D eigenvalue weighted by Gasteiger charge is 2.37. The van der Waals surface area contributed by atoms with Crippen LogP contribution in [-0.4, -0.2) is 22.1 Å². The molecule has 1 saturated carbocycles. The van der Waals surface area contributed by atoms with Crippen molar-refractivity contribution in [1.29, 1.82) is 0 Å². The first-order chi connectivity index (χ1) is 9.79. The molecule has 1 heterocycles. The minimum absolute atomic E-state index is 0.403. The van der Waals surface area contributed by atoms with Crippen LogP contribution in [0.3, 0.4) is 0 Å². The normalized spacial score (nSPS) is 27.3. The van der Waals surface area contributed by atoms with Crippen molar-refractivity contribution < 1.29 is 0 Å². The molecule has 0 bridgehead atoms. The number of imidazole rings is 1. The van der Waals surface area contributed by atoms with Crippen molar-refractivity contribution in [3.63, 3.8) is 0 Å². The molecule has 1 fully saturated rings. The second-order valence-electron chi connectivity index (χ2n) is 8.20. The van der Waals surface area contributed by atoms with Crippen molar-refractivity contribution in [2.24, 2.45) is 24.3 Å². The summed E-state index contributed by atoms with van der Waals surface area (Å²) >= 11 is 0. The molecule has 1 aliphatic carbocycles. The van der Waals surface area contributed by atoms with Gasteiger partial charge in [0.1, 0.15) is 5.82 Å². The van der Waals surface area contributed by atoms with E-state index in [2.05, 4.69) is 62.7 Å². The number of hydrogen-bond acceptors (Lipinski definition) is 2. The van der Waals surface area contributed by atoms with Crippen molar-refractivity contribution in [3.8, 4) is 0 Å². The van der Waals surface area contributed by atoms with Crippen LogP contribution in [0.1, 0.15) is 65.6 Å². The molecule has 0 radical (unpaired) electrons. The molecule has 21 heavy (non-hydrogen) atoms. The molecule has 1 N–H and O–H groups in total. The standard InChI is InChI=1S/C18H33N3/c1-13(2)20-12-14-7-8-15(18(3,4)5)11-16(14)17-19-9-10-21(17)6/h9-10,13-16,20H,7-8,11-12H2,1-6H3. The number of aryl methyl sites for hydroxylation is 1. The fraction of sp³-hybridized carbons (Fsp3) is 0.833. The molecule has 0 amide bonds. The average molecular weight is 291 g/mol. The number of nitrogens with zero attached hydrogens (tertiary/aromatic N) is 2. The molecule has 0 aliphatic heterocycles. The van der Waals surface area contributed by atoms with Gasteiger partial charge in [-0.2, -0.15) is 0 Å². The zero-order valence-corrected chi connectivity index (χ0v) is 14.7. The molecule has 0 saturated heterocycles. The van der Waals surface area contributed by atoms with Crippen LogP contribution in [0.5, 0.6) is 0 Å². The first-order valence-corrected chi connectivity index (χ1v) is 8.49. The zero-order valence-electron chi connectivity index (χ0n) is 14.7. The van der Waals surface area contributed by atoms with E-state index >= 15 is 0 Å². The lowest BCUT2D eigenvalue weighted by molar-refractivity contribution is 0.124. The Balaban J connectivity index is 2.16. The van der Waals surface area contributed by atoms with Crippen LogP contribution >= 0.6 is 0 Å². The molecule has 3 unspecified atom stereocenters. The van der Waals surface area contributed by atoms with E-state index in [0.717, 1.165) is 12.5 Å². The predicted molar refractivity (Wildman–Crippen MR) is 89.4 cm³/mol. The van der Waals surface area contributed by atoms with Crippen LogP contribution < -0.4 is 5.32 Å². The fourth-order valence-electron chi connectivity index (χ4n) is 3.70. The molecule has 2 rings (SSSR count). The van der Waals surface area contributed by atoms with E-state index in [1.165, 1.54) is 25.1 Å². The second kappa shape index (κ2) is 6.51. The molecule has 3 nitrogen and oxygen atoms in total. The largest absolute Gasteiger partial charge is 0.338 e. The van der Waals surface area contributed by atoms with Crippen molar-refractivity contribution in [3.05, 3.63) is 18.2 Å². The number of hydrogen-bond donors (Lipinski definition) is 1. The summed E-state index contributed by atoms with van der Waals surface area (Å²) in [5, 5.41) is 3.64. The second-order valence-corrected chi connectivity index (χ2v) is 8.20. The van der Waals surface area contributed by atoms with Gasteiger partial charge < -0.3 is 9.88 Å². The highest BCUT2D eigenvalue weighted by atomic mass is 15.0. The van der Waals surface area contributed by atoms with Gasteiger partial charge in [0.2, 0.25) is 0 Å². The Hall–Kier alpha value is -0.830. The minimum Gasteiger partial charge on any atom is -0.338 e. The van der Waals surface area contributed by atoms with Crippen LogP contribution in [0, 0.1) is 17.3 Å². The topological polar surface area (TPSA) is 29.9 Å². The van der Waals surface area contributed by atoms with E-state index in [1.807, 2.05) is 6.20 Å². The van der Waals surface area contributed by atoms with E-state index < -0.39 is 0 Å². The van der Waals surface area contributed by atoms with Gasteiger partial charge in [-0.15, -0.1) is 0 Å². The van der Waals surface area contributed by atoms with Crippen LogP contribution in [0.2, 0.25) is 0 Å². The third-order valence-electron chi connectivity index (χ3n) is 5.20. The summed E-state index contributed by atoms with van der Waals surface area (Å²) in [6, 6.07) is 0.562. The van der Waals surface area contributed by atoms with Crippen molar-refractivity contribution >= 4 is 0 Å². The Kier molecular flexibility index (Phi) is 5.13. The van der Waals surface area contributed by atoms with Crippen LogP contribution in [0.4, 0.5) is 0 Å². The monoisotopic (exact) mass is 291 g/mol. The quantitative estimate of drug-likeness (QED) is 0.910. The van der Waals surface area contributed by atoms with Crippen molar-refractivity contribution in [1.82, 2.24) is 14.9 Å². The summed E-state index contributed by atoms with van der Waals surface area (Å²) < 4.78 is 2.22. The molecule has 0 aromatic carbocycles. The van der Waals surface area contributed by atoms with Gasteiger partial charge in [0.05, 0.1) is 0 Å². The van der Waals surface area contributed by atoms with E-state index in [-0.39, 0.29) is 0 Å². The SMILES string of the molecule is CC(C)NCC1CCC(C(C)(C)C)CC1c1nccn1C. The summed E-state index contributed by atoms with van der Waals surface area (Å²) in [6.45, 7) is 12.7. The Morgan fingerprint density at radius 2 is 2.05 bits per heavy atom. The number of nitrogens with one attached hydrogen (secondary N) is 1. The van der Waals surface area contributed by atoms with Gasteiger partial charge in [0.15, 0.2) is 0 Å². The lowest BCUT2D eigenvalue weighted by Crippen LogP contribution is -2.38. The Bertz CT molecular complexity index is 442. The van der Waals surface area contributed by atoms with Gasteiger partial charge in [-0.05, 0) is 43.1 Å². The molecule has 0 spiro atoms. The molecule has 3 atom stereocenters. The van der Waals surface area contributed by atoms with Gasteiger partial charge in [-0.3, -0.25) is 0 Å². The van der Waals surface area contributed by atoms with E-state index in [9.17, 15) is 0 Å². The molecule has 1 aliphatic rings. The zero-order chi connectivity index (χ0) is 15.6. The number of rotatable bonds is 4. The summed E-state index contributed by atoms with van der Waals surface area (Å²) in [7, 11) is 2.13. The van der Waals surface area contributed by atoms with Crippen LogP contribution in [0.25, 0.3) is 0 Å². The predicted octanol–water partition coefficient (Wildman–Crippen LogP) is 3.96. The fourth-order valence-corrected chi connectivity index (χ4v) is 3.70. The molecule has 120 valence electrons.